The molecule has 1 atom stereocenters. The van der Waals surface area contributed by atoms with E-state index < -0.39 is 17.6 Å². The Bertz CT molecular complexity index is 923. The van der Waals surface area contributed by atoms with E-state index in [1.165, 1.54) is 11.6 Å². The molecule has 0 radical (unpaired) electrons. The molecule has 0 unspecified atom stereocenters. The van der Waals surface area contributed by atoms with Gasteiger partial charge in [-0.15, -0.1) is 0 Å². The summed E-state index contributed by atoms with van der Waals surface area (Å²) in [6.45, 7) is 10.7. The summed E-state index contributed by atoms with van der Waals surface area (Å²) >= 11 is 0. The molecule has 0 aliphatic carbocycles. The molecule has 2 rings (SSSR count). The predicted octanol–water partition coefficient (Wildman–Crippen LogP) is 4.00. The molecule has 0 bridgehead atoms. The third-order valence-corrected chi connectivity index (χ3v) is 4.57. The highest BCUT2D eigenvalue weighted by molar-refractivity contribution is 5.82. The second kappa shape index (κ2) is 12.7. The van der Waals surface area contributed by atoms with Gasteiger partial charge in [-0.25, -0.2) is 9.78 Å². The number of nitrogens with one attached hydrogen (secondary N) is 1. The van der Waals surface area contributed by atoms with Gasteiger partial charge in [-0.05, 0) is 43.9 Å². The van der Waals surface area contributed by atoms with E-state index in [1.807, 2.05) is 63.6 Å². The Labute approximate surface area is 196 Å². The fraction of sp³-hybridized carbons (Fsp3) is 0.423. The topological polar surface area (TPSA) is 82.5 Å². The number of ether oxygens (including phenoxy) is 2. The molecule has 0 saturated carbocycles. The van der Waals surface area contributed by atoms with E-state index >= 15 is 0 Å². The van der Waals surface area contributed by atoms with E-state index in [1.54, 1.807) is 24.7 Å². The number of hydrogen-bond donors (Lipinski definition) is 1. The summed E-state index contributed by atoms with van der Waals surface area (Å²) in [5.74, 6) is -0.672. The highest BCUT2D eigenvalue weighted by Gasteiger charge is 2.26. The van der Waals surface area contributed by atoms with E-state index in [9.17, 15) is 9.59 Å². The van der Waals surface area contributed by atoms with Gasteiger partial charge in [0.15, 0.2) is 0 Å². The first kappa shape index (κ1) is 26.1. The zero-order chi connectivity index (χ0) is 24.3. The Morgan fingerprint density at radius 1 is 1.15 bits per heavy atom. The Morgan fingerprint density at radius 2 is 1.88 bits per heavy atom. The quantitative estimate of drug-likeness (QED) is 0.409. The van der Waals surface area contributed by atoms with Crippen molar-refractivity contribution in [3.05, 3.63) is 72.3 Å². The van der Waals surface area contributed by atoms with Crippen molar-refractivity contribution < 1.29 is 19.1 Å². The van der Waals surface area contributed by atoms with Crippen molar-refractivity contribution in [2.45, 2.75) is 52.8 Å². The van der Waals surface area contributed by atoms with Crippen molar-refractivity contribution in [2.75, 3.05) is 13.2 Å². The number of benzene rings is 1. The van der Waals surface area contributed by atoms with Crippen LogP contribution in [0.5, 0.6) is 0 Å². The average molecular weight is 454 g/mol. The molecule has 0 fully saturated rings. The van der Waals surface area contributed by atoms with Gasteiger partial charge in [-0.2, -0.15) is 0 Å². The van der Waals surface area contributed by atoms with Crippen LogP contribution in [0, 0.1) is 5.92 Å². The van der Waals surface area contributed by atoms with Crippen molar-refractivity contribution in [3.63, 3.8) is 0 Å². The number of rotatable bonds is 11. The van der Waals surface area contributed by atoms with Crippen LogP contribution >= 0.6 is 0 Å². The van der Waals surface area contributed by atoms with E-state index in [-0.39, 0.29) is 18.5 Å². The first-order valence-electron chi connectivity index (χ1n) is 11.1. The summed E-state index contributed by atoms with van der Waals surface area (Å²) < 4.78 is 12.6. The average Bonchev–Trinajstić information content (AvgIpc) is 3.23. The van der Waals surface area contributed by atoms with E-state index in [0.717, 1.165) is 12.1 Å². The van der Waals surface area contributed by atoms with Gasteiger partial charge in [0.25, 0.3) is 0 Å². The monoisotopic (exact) mass is 453 g/mol. The molecule has 7 nitrogen and oxygen atoms in total. The van der Waals surface area contributed by atoms with Crippen LogP contribution in [0.2, 0.25) is 0 Å². The molecule has 2 aromatic rings. The second-order valence-corrected chi connectivity index (χ2v) is 9.07. The van der Waals surface area contributed by atoms with Gasteiger partial charge in [-0.3, -0.25) is 4.79 Å². The van der Waals surface area contributed by atoms with Gasteiger partial charge in [-0.1, -0.05) is 50.3 Å². The molecule has 1 heterocycles. The van der Waals surface area contributed by atoms with Crippen molar-refractivity contribution in [2.24, 2.45) is 5.92 Å². The Morgan fingerprint density at radius 3 is 2.48 bits per heavy atom. The lowest BCUT2D eigenvalue weighted by Crippen LogP contribution is -2.44. The third-order valence-electron chi connectivity index (χ3n) is 4.57. The minimum absolute atomic E-state index is 0.0605. The van der Waals surface area contributed by atoms with E-state index in [4.69, 9.17) is 9.47 Å². The molecule has 0 spiro atoms. The SMILES string of the molecule is CC(C)[C@@H](NCC=CC(=O)OCC=Cc1ccc(Cn2ccnc2)cc1)C(=O)OC(C)(C)C. The molecule has 7 heteroatoms. The lowest BCUT2D eigenvalue weighted by molar-refractivity contribution is -0.158. The maximum Gasteiger partial charge on any atom is 0.330 e. The zero-order valence-corrected chi connectivity index (χ0v) is 20.2. The van der Waals surface area contributed by atoms with E-state index in [0.29, 0.717) is 6.54 Å². The fourth-order valence-corrected chi connectivity index (χ4v) is 2.99. The number of carbonyl (C=O) groups excluding carboxylic acids is 2. The highest BCUT2D eigenvalue weighted by atomic mass is 16.6. The van der Waals surface area contributed by atoms with Crippen LogP contribution < -0.4 is 5.32 Å². The van der Waals surface area contributed by atoms with Crippen molar-refractivity contribution in [1.29, 1.82) is 0 Å². The lowest BCUT2D eigenvalue weighted by Gasteiger charge is -2.26. The van der Waals surface area contributed by atoms with Gasteiger partial charge in [0, 0.05) is 31.6 Å². The standard InChI is InChI=1S/C26H35N3O4/c1-20(2)24(25(31)33-26(3,4)5)28-14-6-9-23(30)32-17-7-8-21-10-12-22(13-11-21)18-29-16-15-27-19-29/h6-13,15-16,19-20,24,28H,14,17-18H2,1-5H3/t24-/m1/s1. The Balaban J connectivity index is 1.70. The van der Waals surface area contributed by atoms with Crippen LogP contribution in [0.25, 0.3) is 6.08 Å². The molecular formula is C26H35N3O4. The minimum atomic E-state index is -0.540. The molecule has 1 aromatic carbocycles. The molecule has 1 aromatic heterocycles. The summed E-state index contributed by atoms with van der Waals surface area (Å²) in [6.07, 6.45) is 12.2. The normalized spacial score (nSPS) is 13.0. The smallest absolute Gasteiger partial charge is 0.330 e. The largest absolute Gasteiger partial charge is 0.459 e. The number of esters is 2. The van der Waals surface area contributed by atoms with Gasteiger partial charge in [0.2, 0.25) is 0 Å². The molecule has 0 amide bonds. The summed E-state index contributed by atoms with van der Waals surface area (Å²) in [7, 11) is 0. The Kier molecular flexibility index (Phi) is 10.1. The summed E-state index contributed by atoms with van der Waals surface area (Å²) in [4.78, 5) is 28.2. The van der Waals surface area contributed by atoms with Gasteiger partial charge >= 0.3 is 11.9 Å². The number of imidazole rings is 1. The van der Waals surface area contributed by atoms with Gasteiger partial charge < -0.3 is 19.4 Å². The van der Waals surface area contributed by atoms with Crippen LogP contribution in [0.1, 0.15) is 45.7 Å². The van der Waals surface area contributed by atoms with Gasteiger partial charge in [0.1, 0.15) is 18.2 Å². The highest BCUT2D eigenvalue weighted by Crippen LogP contribution is 2.12. The van der Waals surface area contributed by atoms with Crippen molar-refractivity contribution in [1.82, 2.24) is 14.9 Å². The Hall–Kier alpha value is -3.19. The maximum absolute atomic E-state index is 12.3. The first-order chi connectivity index (χ1) is 15.6. The lowest BCUT2D eigenvalue weighted by atomic mass is 10.0. The van der Waals surface area contributed by atoms with Gasteiger partial charge in [0.05, 0.1) is 6.33 Å². The molecule has 1 N–H and O–H groups in total. The first-order valence-corrected chi connectivity index (χ1v) is 11.1. The molecule has 0 saturated heterocycles. The van der Waals surface area contributed by atoms with Crippen LogP contribution in [-0.4, -0.2) is 46.3 Å². The fourth-order valence-electron chi connectivity index (χ4n) is 2.99. The number of aromatic nitrogens is 2. The molecule has 0 aliphatic heterocycles. The number of hydrogen-bond acceptors (Lipinski definition) is 6. The number of nitrogens with zero attached hydrogens (tertiary/aromatic N) is 2. The minimum Gasteiger partial charge on any atom is -0.459 e. The summed E-state index contributed by atoms with van der Waals surface area (Å²) in [5, 5.41) is 3.12. The summed E-state index contributed by atoms with van der Waals surface area (Å²) in [6, 6.07) is 7.71. The predicted molar refractivity (Wildman–Crippen MR) is 129 cm³/mol. The molecule has 0 aliphatic rings. The van der Waals surface area contributed by atoms with Crippen LogP contribution in [0.3, 0.4) is 0 Å². The molecule has 178 valence electrons. The van der Waals surface area contributed by atoms with Crippen LogP contribution in [0.4, 0.5) is 0 Å². The molecular weight excluding hydrogens is 418 g/mol. The van der Waals surface area contributed by atoms with Crippen molar-refractivity contribution in [3.8, 4) is 0 Å². The van der Waals surface area contributed by atoms with Crippen LogP contribution in [-0.2, 0) is 25.6 Å². The zero-order valence-electron chi connectivity index (χ0n) is 20.2. The molecule has 33 heavy (non-hydrogen) atoms. The van der Waals surface area contributed by atoms with Crippen LogP contribution in [0.15, 0.2) is 61.2 Å². The summed E-state index contributed by atoms with van der Waals surface area (Å²) in [5.41, 5.74) is 1.67. The maximum atomic E-state index is 12.3. The second-order valence-electron chi connectivity index (χ2n) is 9.07. The van der Waals surface area contributed by atoms with E-state index in [2.05, 4.69) is 22.4 Å². The number of carbonyl (C=O) groups is 2. The third kappa shape index (κ3) is 10.3. The van der Waals surface area contributed by atoms with Crippen molar-refractivity contribution >= 4 is 18.0 Å².